The van der Waals surface area contributed by atoms with Gasteiger partial charge in [0, 0.05) is 31.7 Å². The van der Waals surface area contributed by atoms with E-state index in [0.717, 1.165) is 38.5 Å². The normalized spacial score (nSPS) is 20.1. The maximum atomic E-state index is 5.71. The van der Waals surface area contributed by atoms with Crippen molar-refractivity contribution in [2.75, 3.05) is 32.8 Å². The first-order chi connectivity index (χ1) is 8.16. The lowest BCUT2D eigenvalue weighted by Crippen LogP contribution is -2.57. The van der Waals surface area contributed by atoms with E-state index >= 15 is 0 Å². The maximum Gasteiger partial charge on any atom is 0.119 e. The summed E-state index contributed by atoms with van der Waals surface area (Å²) in [7, 11) is 0. The molecule has 1 aliphatic heterocycles. The minimum Gasteiger partial charge on any atom is -0.492 e. The monoisotopic (exact) mass is 234 g/mol. The van der Waals surface area contributed by atoms with Crippen molar-refractivity contribution in [2.24, 2.45) is 0 Å². The summed E-state index contributed by atoms with van der Waals surface area (Å²) >= 11 is 0. The molecule has 0 aliphatic carbocycles. The van der Waals surface area contributed by atoms with Crippen LogP contribution in [0.3, 0.4) is 0 Å². The van der Waals surface area contributed by atoms with E-state index in [2.05, 4.69) is 24.1 Å². The van der Waals surface area contributed by atoms with E-state index in [9.17, 15) is 0 Å². The minimum absolute atomic E-state index is 0.227. The van der Waals surface area contributed by atoms with Gasteiger partial charge in [0.2, 0.25) is 0 Å². The number of benzene rings is 1. The zero-order valence-electron chi connectivity index (χ0n) is 10.8. The van der Waals surface area contributed by atoms with Crippen molar-refractivity contribution in [1.29, 1.82) is 0 Å². The molecule has 3 nitrogen and oxygen atoms in total. The summed E-state index contributed by atoms with van der Waals surface area (Å²) in [4.78, 5) is 2.46. The number of piperazine rings is 1. The van der Waals surface area contributed by atoms with Gasteiger partial charge in [-0.25, -0.2) is 0 Å². The van der Waals surface area contributed by atoms with Gasteiger partial charge in [-0.05, 0) is 26.0 Å². The predicted molar refractivity (Wildman–Crippen MR) is 70.5 cm³/mol. The summed E-state index contributed by atoms with van der Waals surface area (Å²) in [6, 6.07) is 10.0. The highest BCUT2D eigenvalue weighted by molar-refractivity contribution is 5.20. The third-order valence-corrected chi connectivity index (χ3v) is 3.07. The van der Waals surface area contributed by atoms with Crippen LogP contribution in [-0.4, -0.2) is 43.2 Å². The molecule has 1 saturated heterocycles. The van der Waals surface area contributed by atoms with Crippen LogP contribution in [0.25, 0.3) is 0 Å². The van der Waals surface area contributed by atoms with Crippen LogP contribution in [0.15, 0.2) is 30.3 Å². The Morgan fingerprint density at radius 1 is 1.29 bits per heavy atom. The Morgan fingerprint density at radius 2 is 2.06 bits per heavy atom. The number of hydrogen-bond acceptors (Lipinski definition) is 3. The van der Waals surface area contributed by atoms with E-state index in [1.165, 1.54) is 0 Å². The molecule has 3 heteroatoms. The zero-order valence-corrected chi connectivity index (χ0v) is 10.8. The molecular weight excluding hydrogens is 212 g/mol. The highest BCUT2D eigenvalue weighted by Gasteiger charge is 2.25. The number of para-hydroxylation sites is 1. The second kappa shape index (κ2) is 5.52. The molecule has 0 aromatic heterocycles. The molecule has 0 saturated carbocycles. The highest BCUT2D eigenvalue weighted by Crippen LogP contribution is 2.11. The third kappa shape index (κ3) is 4.02. The molecule has 1 heterocycles. The Labute approximate surface area is 104 Å². The maximum absolute atomic E-state index is 5.71. The molecular formula is C14H22N2O. The van der Waals surface area contributed by atoms with Crippen LogP contribution >= 0.6 is 0 Å². The summed E-state index contributed by atoms with van der Waals surface area (Å²) in [5.41, 5.74) is 0.227. The second-order valence-electron chi connectivity index (χ2n) is 5.25. The molecule has 0 unspecified atom stereocenters. The summed E-state index contributed by atoms with van der Waals surface area (Å²) in [5, 5.41) is 3.51. The lowest BCUT2D eigenvalue weighted by atomic mass is 10.0. The standard InChI is InChI=1S/C14H22N2O/c1-14(2)12-16(9-8-15-14)10-11-17-13-6-4-3-5-7-13/h3-7,15H,8-12H2,1-2H3. The van der Waals surface area contributed by atoms with Crippen LogP contribution in [0.1, 0.15) is 13.8 Å². The molecule has 2 rings (SSSR count). The molecule has 1 aromatic carbocycles. The Balaban J connectivity index is 1.72. The van der Waals surface area contributed by atoms with Crippen molar-refractivity contribution < 1.29 is 4.74 Å². The van der Waals surface area contributed by atoms with Crippen LogP contribution in [0, 0.1) is 0 Å². The fraction of sp³-hybridized carbons (Fsp3) is 0.571. The van der Waals surface area contributed by atoms with Gasteiger partial charge >= 0.3 is 0 Å². The van der Waals surface area contributed by atoms with Gasteiger partial charge in [-0.1, -0.05) is 18.2 Å². The Kier molecular flexibility index (Phi) is 4.02. The molecule has 1 N–H and O–H groups in total. The number of rotatable bonds is 4. The van der Waals surface area contributed by atoms with Crippen molar-refractivity contribution in [1.82, 2.24) is 10.2 Å². The average molecular weight is 234 g/mol. The van der Waals surface area contributed by atoms with Gasteiger partial charge in [0.1, 0.15) is 12.4 Å². The van der Waals surface area contributed by atoms with Crippen LogP contribution in [-0.2, 0) is 0 Å². The van der Waals surface area contributed by atoms with E-state index < -0.39 is 0 Å². The lowest BCUT2D eigenvalue weighted by molar-refractivity contribution is 0.133. The summed E-state index contributed by atoms with van der Waals surface area (Å²) in [5.74, 6) is 0.960. The van der Waals surface area contributed by atoms with E-state index in [1.54, 1.807) is 0 Å². The SMILES string of the molecule is CC1(C)CN(CCOc2ccccc2)CCN1. The van der Waals surface area contributed by atoms with Crippen LogP contribution in [0.5, 0.6) is 5.75 Å². The van der Waals surface area contributed by atoms with E-state index in [4.69, 9.17) is 4.74 Å². The molecule has 0 atom stereocenters. The molecule has 0 amide bonds. The van der Waals surface area contributed by atoms with Crippen molar-refractivity contribution in [3.8, 4) is 5.75 Å². The van der Waals surface area contributed by atoms with E-state index in [1.807, 2.05) is 30.3 Å². The highest BCUT2D eigenvalue weighted by atomic mass is 16.5. The van der Waals surface area contributed by atoms with Crippen molar-refractivity contribution >= 4 is 0 Å². The van der Waals surface area contributed by atoms with Crippen molar-refractivity contribution in [2.45, 2.75) is 19.4 Å². The topological polar surface area (TPSA) is 24.5 Å². The molecule has 0 radical (unpaired) electrons. The molecule has 94 valence electrons. The van der Waals surface area contributed by atoms with Crippen LogP contribution in [0.2, 0.25) is 0 Å². The summed E-state index contributed by atoms with van der Waals surface area (Å²) < 4.78 is 5.71. The summed E-state index contributed by atoms with van der Waals surface area (Å²) in [6.07, 6.45) is 0. The smallest absolute Gasteiger partial charge is 0.119 e. The average Bonchev–Trinajstić information content (AvgIpc) is 2.29. The van der Waals surface area contributed by atoms with E-state index in [0.29, 0.717) is 0 Å². The number of hydrogen-bond donors (Lipinski definition) is 1. The van der Waals surface area contributed by atoms with Gasteiger partial charge in [-0.15, -0.1) is 0 Å². The Hall–Kier alpha value is -1.06. The fourth-order valence-corrected chi connectivity index (χ4v) is 2.25. The van der Waals surface area contributed by atoms with Crippen LogP contribution in [0.4, 0.5) is 0 Å². The first-order valence-corrected chi connectivity index (χ1v) is 6.31. The van der Waals surface area contributed by atoms with Crippen molar-refractivity contribution in [3.63, 3.8) is 0 Å². The molecule has 1 aliphatic rings. The Bertz CT molecular complexity index is 337. The first kappa shape index (κ1) is 12.4. The lowest BCUT2D eigenvalue weighted by Gasteiger charge is -2.39. The zero-order chi connectivity index (χ0) is 12.1. The second-order valence-corrected chi connectivity index (χ2v) is 5.25. The molecule has 1 aromatic rings. The van der Waals surface area contributed by atoms with Gasteiger partial charge in [0.25, 0.3) is 0 Å². The number of ether oxygens (including phenoxy) is 1. The molecule has 0 spiro atoms. The van der Waals surface area contributed by atoms with Gasteiger partial charge in [0.05, 0.1) is 0 Å². The number of nitrogens with one attached hydrogen (secondary N) is 1. The van der Waals surface area contributed by atoms with Gasteiger partial charge < -0.3 is 10.1 Å². The quantitative estimate of drug-likeness (QED) is 0.859. The number of nitrogens with zero attached hydrogens (tertiary/aromatic N) is 1. The fourth-order valence-electron chi connectivity index (χ4n) is 2.25. The Morgan fingerprint density at radius 3 is 2.76 bits per heavy atom. The van der Waals surface area contributed by atoms with E-state index in [-0.39, 0.29) is 5.54 Å². The van der Waals surface area contributed by atoms with Crippen LogP contribution < -0.4 is 10.1 Å². The predicted octanol–water partition coefficient (Wildman–Crippen LogP) is 1.75. The first-order valence-electron chi connectivity index (χ1n) is 6.31. The summed E-state index contributed by atoms with van der Waals surface area (Å²) in [6.45, 7) is 9.53. The third-order valence-electron chi connectivity index (χ3n) is 3.07. The van der Waals surface area contributed by atoms with Gasteiger partial charge in [-0.2, -0.15) is 0 Å². The van der Waals surface area contributed by atoms with Crippen molar-refractivity contribution in [3.05, 3.63) is 30.3 Å². The molecule has 0 bridgehead atoms. The molecule has 1 fully saturated rings. The largest absolute Gasteiger partial charge is 0.492 e. The van der Waals surface area contributed by atoms with Gasteiger partial charge in [-0.3, -0.25) is 4.90 Å². The van der Waals surface area contributed by atoms with Gasteiger partial charge in [0.15, 0.2) is 0 Å². The molecule has 17 heavy (non-hydrogen) atoms. The minimum atomic E-state index is 0.227.